The molecule has 0 aliphatic heterocycles. The van der Waals surface area contributed by atoms with E-state index in [2.05, 4.69) is 44.5 Å². The molecule has 0 radical (unpaired) electrons. The first-order valence-electron chi connectivity index (χ1n) is 11.9. The van der Waals surface area contributed by atoms with Gasteiger partial charge in [-0.25, -0.2) is 18.2 Å². The highest BCUT2D eigenvalue weighted by atomic mass is 79.9. The van der Waals surface area contributed by atoms with E-state index in [-0.39, 0.29) is 0 Å². The monoisotopic (exact) mass is 549 g/mol. The van der Waals surface area contributed by atoms with Crippen molar-refractivity contribution in [1.29, 1.82) is 0 Å². The molecule has 0 saturated heterocycles. The molecule has 0 spiro atoms. The summed E-state index contributed by atoms with van der Waals surface area (Å²) >= 11 is 3.82. The van der Waals surface area contributed by atoms with Gasteiger partial charge in [0.1, 0.15) is 11.3 Å². The number of benzene rings is 3. The van der Waals surface area contributed by atoms with Gasteiger partial charge in [-0.15, -0.1) is 0 Å². The minimum Gasteiger partial charge on any atom is -0.360 e. The Labute approximate surface area is 214 Å². The van der Waals surface area contributed by atoms with Gasteiger partial charge in [0, 0.05) is 35.3 Å². The molecule has 2 aromatic heterocycles. The van der Waals surface area contributed by atoms with Gasteiger partial charge < -0.3 is 9.55 Å². The van der Waals surface area contributed by atoms with Gasteiger partial charge in [0.25, 0.3) is 0 Å². The van der Waals surface area contributed by atoms with Crippen molar-refractivity contribution < 1.29 is 13.2 Å². The average Bonchev–Trinajstić information content (AvgIpc) is 3.36. The lowest BCUT2D eigenvalue weighted by Gasteiger charge is -2.23. The summed E-state index contributed by atoms with van der Waals surface area (Å²) in [7, 11) is 2.00. The predicted molar refractivity (Wildman–Crippen MR) is 141 cm³/mol. The van der Waals surface area contributed by atoms with Gasteiger partial charge in [0.2, 0.25) is 0 Å². The van der Waals surface area contributed by atoms with Crippen LogP contribution in [0.25, 0.3) is 38.6 Å². The second-order valence-electron chi connectivity index (χ2n) is 9.48. The van der Waals surface area contributed by atoms with Crippen molar-refractivity contribution in [2.24, 2.45) is 7.05 Å². The SMILES string of the molecule is Cc1cc2c(nc(C)n2C)c(Br)c1-c1cccc2c(C(=C3CCC3)c3cc(F)c(F)c(F)c3)c[nH]c12. The number of para-hydroxylation sites is 1. The fourth-order valence-corrected chi connectivity index (χ4v) is 6.09. The van der Waals surface area contributed by atoms with Crippen LogP contribution in [-0.2, 0) is 7.05 Å². The number of aromatic amines is 1. The number of allylic oxidation sites excluding steroid dienone is 1. The van der Waals surface area contributed by atoms with Crippen LogP contribution < -0.4 is 0 Å². The van der Waals surface area contributed by atoms with Crippen LogP contribution in [0, 0.1) is 31.3 Å². The minimum absolute atomic E-state index is 0.357. The number of H-pyrrole nitrogens is 1. The standard InChI is InChI=1S/C29H23BrF3N3/c1-14-10-23-29(35-15(2)36(23)3)26(30)24(14)19-9-5-8-18-20(13-34-28(18)19)25(16-6-4-7-16)17-11-21(31)27(33)22(32)12-17/h5,8-13,34H,4,6-7H2,1-3H3. The quantitative estimate of drug-likeness (QED) is 0.225. The average molecular weight is 550 g/mol. The molecule has 7 heteroatoms. The summed E-state index contributed by atoms with van der Waals surface area (Å²) in [6.45, 7) is 4.06. The van der Waals surface area contributed by atoms with Crippen LogP contribution >= 0.6 is 15.9 Å². The summed E-state index contributed by atoms with van der Waals surface area (Å²) in [5, 5.41) is 0.940. The summed E-state index contributed by atoms with van der Waals surface area (Å²) in [6, 6.07) is 10.4. The molecule has 3 aromatic carbocycles. The first-order chi connectivity index (χ1) is 17.3. The predicted octanol–water partition coefficient (Wildman–Crippen LogP) is 8.50. The molecule has 1 saturated carbocycles. The number of imidazole rings is 1. The fourth-order valence-electron chi connectivity index (χ4n) is 5.28. The molecule has 1 fully saturated rings. The van der Waals surface area contributed by atoms with Gasteiger partial charge in [0.15, 0.2) is 17.5 Å². The summed E-state index contributed by atoms with van der Waals surface area (Å²) in [6.07, 6.45) is 4.61. The number of nitrogens with zero attached hydrogens (tertiary/aromatic N) is 2. The van der Waals surface area contributed by atoms with Crippen LogP contribution in [0.5, 0.6) is 0 Å². The Kier molecular flexibility index (Phi) is 5.37. The largest absolute Gasteiger partial charge is 0.360 e. The Morgan fingerprint density at radius 3 is 2.44 bits per heavy atom. The van der Waals surface area contributed by atoms with E-state index in [1.54, 1.807) is 0 Å². The molecule has 1 aliphatic carbocycles. The van der Waals surface area contributed by atoms with Crippen LogP contribution in [0.3, 0.4) is 0 Å². The topological polar surface area (TPSA) is 33.6 Å². The smallest absolute Gasteiger partial charge is 0.194 e. The van der Waals surface area contributed by atoms with Crippen LogP contribution in [0.1, 0.15) is 41.8 Å². The van der Waals surface area contributed by atoms with Crippen molar-refractivity contribution in [3.63, 3.8) is 0 Å². The van der Waals surface area contributed by atoms with Gasteiger partial charge in [-0.05, 0) is 83.9 Å². The molecule has 0 unspecified atom stereocenters. The van der Waals surface area contributed by atoms with Crippen molar-refractivity contribution in [2.75, 3.05) is 0 Å². The number of halogens is 4. The Bertz CT molecular complexity index is 1710. The van der Waals surface area contributed by atoms with Crippen LogP contribution in [0.2, 0.25) is 0 Å². The van der Waals surface area contributed by atoms with Crippen molar-refractivity contribution in [1.82, 2.24) is 14.5 Å². The third-order valence-electron chi connectivity index (χ3n) is 7.38. The molecule has 1 aliphatic rings. The zero-order chi connectivity index (χ0) is 25.3. The van der Waals surface area contributed by atoms with Gasteiger partial charge in [-0.3, -0.25) is 0 Å². The summed E-state index contributed by atoms with van der Waals surface area (Å²) in [5.41, 5.74) is 9.12. The number of aromatic nitrogens is 3. The van der Waals surface area contributed by atoms with Gasteiger partial charge >= 0.3 is 0 Å². The summed E-state index contributed by atoms with van der Waals surface area (Å²) in [5.74, 6) is -2.88. The van der Waals surface area contributed by atoms with Crippen LogP contribution in [0.15, 0.2) is 52.6 Å². The lowest BCUT2D eigenvalue weighted by Crippen LogP contribution is -2.04. The molecule has 36 heavy (non-hydrogen) atoms. The Morgan fingerprint density at radius 1 is 1.06 bits per heavy atom. The van der Waals surface area contributed by atoms with Crippen molar-refractivity contribution in [3.8, 4) is 11.1 Å². The summed E-state index contributed by atoms with van der Waals surface area (Å²) < 4.78 is 45.2. The first kappa shape index (κ1) is 23.1. The molecule has 0 bridgehead atoms. The second-order valence-corrected chi connectivity index (χ2v) is 10.3. The highest BCUT2D eigenvalue weighted by Gasteiger charge is 2.24. The Morgan fingerprint density at radius 2 is 1.78 bits per heavy atom. The molecule has 0 atom stereocenters. The molecule has 3 nitrogen and oxygen atoms in total. The normalized spacial score (nSPS) is 13.6. The lowest BCUT2D eigenvalue weighted by atomic mass is 9.82. The summed E-state index contributed by atoms with van der Waals surface area (Å²) in [4.78, 5) is 8.18. The lowest BCUT2D eigenvalue weighted by molar-refractivity contribution is 0.446. The molecular weight excluding hydrogens is 527 g/mol. The van der Waals surface area contributed by atoms with E-state index in [9.17, 15) is 13.2 Å². The number of aryl methyl sites for hydroxylation is 3. The number of hydrogen-bond acceptors (Lipinski definition) is 1. The third kappa shape index (κ3) is 3.36. The Balaban J connectivity index is 1.59. The first-order valence-corrected chi connectivity index (χ1v) is 12.7. The van der Waals surface area contributed by atoms with E-state index >= 15 is 0 Å². The maximum Gasteiger partial charge on any atom is 0.194 e. The van der Waals surface area contributed by atoms with Crippen molar-refractivity contribution >= 4 is 43.4 Å². The van der Waals surface area contributed by atoms with Crippen LogP contribution in [0.4, 0.5) is 13.2 Å². The molecule has 182 valence electrons. The van der Waals surface area contributed by atoms with Crippen molar-refractivity contribution in [2.45, 2.75) is 33.1 Å². The molecule has 1 N–H and O–H groups in total. The number of nitrogens with one attached hydrogen (secondary N) is 1. The number of rotatable bonds is 3. The molecular formula is C29H23BrF3N3. The highest BCUT2D eigenvalue weighted by molar-refractivity contribution is 9.10. The zero-order valence-corrected chi connectivity index (χ0v) is 21.7. The molecule has 6 rings (SSSR count). The van der Waals surface area contributed by atoms with E-state index in [1.165, 1.54) is 0 Å². The van der Waals surface area contributed by atoms with Crippen LogP contribution in [-0.4, -0.2) is 14.5 Å². The maximum atomic E-state index is 14.2. The molecule has 5 aromatic rings. The van der Waals surface area contributed by atoms with Gasteiger partial charge in [-0.2, -0.15) is 0 Å². The second kappa shape index (κ2) is 8.37. The highest BCUT2D eigenvalue weighted by Crippen LogP contribution is 2.44. The van der Waals surface area contributed by atoms with E-state index in [0.717, 1.165) is 97.0 Å². The third-order valence-corrected chi connectivity index (χ3v) is 8.15. The van der Waals surface area contributed by atoms with E-state index in [1.807, 2.05) is 32.3 Å². The van der Waals surface area contributed by atoms with Gasteiger partial charge in [0.05, 0.1) is 15.5 Å². The van der Waals surface area contributed by atoms with Crippen molar-refractivity contribution in [3.05, 3.63) is 92.6 Å². The maximum absolute atomic E-state index is 14.2. The van der Waals surface area contributed by atoms with E-state index < -0.39 is 17.5 Å². The van der Waals surface area contributed by atoms with Gasteiger partial charge in [-0.1, -0.05) is 23.8 Å². The number of hydrogen-bond donors (Lipinski definition) is 1. The fraction of sp³-hybridized carbons (Fsp3) is 0.207. The number of fused-ring (bicyclic) bond motifs is 2. The van der Waals surface area contributed by atoms with E-state index in [0.29, 0.717) is 5.56 Å². The zero-order valence-electron chi connectivity index (χ0n) is 20.1. The Hall–Kier alpha value is -3.32. The molecule has 2 heterocycles. The minimum atomic E-state index is -1.45. The molecule has 0 amide bonds. The van der Waals surface area contributed by atoms with E-state index in [4.69, 9.17) is 4.98 Å².